The van der Waals surface area contributed by atoms with Gasteiger partial charge in [0.15, 0.2) is 0 Å². The number of rotatable bonds is 8. The van der Waals surface area contributed by atoms with Gasteiger partial charge in [-0.2, -0.15) is 12.6 Å². The third-order valence-electron chi connectivity index (χ3n) is 3.84. The predicted octanol–water partition coefficient (Wildman–Crippen LogP) is 0.316. The number of aromatic hydroxyl groups is 1. The highest BCUT2D eigenvalue weighted by Crippen LogP contribution is 2.10. The molecular weight excluding hydrogens is 438 g/mol. The van der Waals surface area contributed by atoms with Gasteiger partial charge in [0, 0.05) is 5.75 Å². The SMILES string of the molecule is N[C@@H](CS)C(=O)O.N[C@@H](Cc1ccc(O)cc1)C(=O)O.N[C@@H](Cc1ccccc1)C(=O)O. The number of benzene rings is 2. The normalized spacial score (nSPS) is 12.6. The van der Waals surface area contributed by atoms with Crippen LogP contribution in [0, 0.1) is 0 Å². The van der Waals surface area contributed by atoms with E-state index in [0.717, 1.165) is 11.1 Å². The quantitative estimate of drug-likeness (QED) is 0.249. The van der Waals surface area contributed by atoms with E-state index in [9.17, 15) is 14.4 Å². The van der Waals surface area contributed by atoms with Crippen LogP contribution in [-0.2, 0) is 27.2 Å². The van der Waals surface area contributed by atoms with E-state index in [1.54, 1.807) is 12.1 Å². The van der Waals surface area contributed by atoms with E-state index in [2.05, 4.69) is 12.6 Å². The molecule has 2 aromatic carbocycles. The van der Waals surface area contributed by atoms with Crippen LogP contribution in [0.2, 0.25) is 0 Å². The van der Waals surface area contributed by atoms with Crippen molar-refractivity contribution in [2.75, 3.05) is 5.75 Å². The largest absolute Gasteiger partial charge is 0.508 e. The van der Waals surface area contributed by atoms with Crippen LogP contribution in [0.4, 0.5) is 0 Å². The Labute approximate surface area is 191 Å². The van der Waals surface area contributed by atoms with Gasteiger partial charge in [-0.1, -0.05) is 42.5 Å². The summed E-state index contributed by atoms with van der Waals surface area (Å²) in [4.78, 5) is 30.5. The number of carboxylic acids is 3. The van der Waals surface area contributed by atoms with Crippen LogP contribution in [0.5, 0.6) is 5.75 Å². The summed E-state index contributed by atoms with van der Waals surface area (Å²) < 4.78 is 0. The first-order valence-corrected chi connectivity index (χ1v) is 9.99. The monoisotopic (exact) mass is 467 g/mol. The van der Waals surface area contributed by atoms with Gasteiger partial charge < -0.3 is 37.6 Å². The number of aliphatic carboxylic acids is 3. The van der Waals surface area contributed by atoms with Gasteiger partial charge in [-0.05, 0) is 36.1 Å². The zero-order valence-electron chi connectivity index (χ0n) is 17.2. The van der Waals surface area contributed by atoms with Gasteiger partial charge in [0.1, 0.15) is 23.9 Å². The minimum absolute atomic E-state index is 0.160. The van der Waals surface area contributed by atoms with E-state index in [4.69, 9.17) is 37.6 Å². The second kappa shape index (κ2) is 15.6. The van der Waals surface area contributed by atoms with Crippen molar-refractivity contribution in [1.82, 2.24) is 0 Å². The van der Waals surface area contributed by atoms with Gasteiger partial charge in [0.2, 0.25) is 0 Å². The summed E-state index contributed by atoms with van der Waals surface area (Å²) in [7, 11) is 0. The summed E-state index contributed by atoms with van der Waals surface area (Å²) in [6.07, 6.45) is 0.659. The van der Waals surface area contributed by atoms with Crippen molar-refractivity contribution in [1.29, 1.82) is 0 Å². The van der Waals surface area contributed by atoms with Crippen LogP contribution in [-0.4, -0.2) is 62.2 Å². The molecule has 0 bridgehead atoms. The highest BCUT2D eigenvalue weighted by atomic mass is 32.1. The predicted molar refractivity (Wildman–Crippen MR) is 123 cm³/mol. The number of phenols is 1. The molecule has 2 aromatic rings. The van der Waals surface area contributed by atoms with E-state index in [0.29, 0.717) is 6.42 Å². The zero-order valence-corrected chi connectivity index (χ0v) is 18.1. The molecule has 0 spiro atoms. The number of carbonyl (C=O) groups is 3. The molecule has 3 atom stereocenters. The van der Waals surface area contributed by atoms with E-state index < -0.39 is 36.0 Å². The fourth-order valence-corrected chi connectivity index (χ4v) is 2.16. The molecular formula is C21H29N3O7S. The number of carboxylic acid groups (broad SMARTS) is 3. The van der Waals surface area contributed by atoms with Crippen LogP contribution in [0.1, 0.15) is 11.1 Å². The average Bonchev–Trinajstić information content (AvgIpc) is 2.76. The van der Waals surface area contributed by atoms with Crippen molar-refractivity contribution in [3.05, 3.63) is 65.7 Å². The van der Waals surface area contributed by atoms with Crippen molar-refractivity contribution < 1.29 is 34.8 Å². The Kier molecular flexibility index (Phi) is 14.1. The third kappa shape index (κ3) is 13.2. The molecule has 0 saturated carbocycles. The molecule has 2 rings (SSSR count). The molecule has 0 fully saturated rings. The first-order valence-electron chi connectivity index (χ1n) is 9.35. The van der Waals surface area contributed by atoms with Gasteiger partial charge in [-0.3, -0.25) is 14.4 Å². The number of nitrogens with two attached hydrogens (primary N) is 3. The standard InChI is InChI=1S/C9H11NO3.C9H11NO2.C3H7NO2S/c10-8(9(12)13)5-6-1-3-7(11)4-2-6;10-8(9(11)12)6-7-4-2-1-3-5-7;4-2(1-7)3(5)6/h1-4,8,11H,5,10H2,(H,12,13);1-5,8H,6,10H2,(H,11,12);2,7H,1,4H2,(H,5,6)/t2*8-;2-/m000/s1. The molecule has 0 aliphatic carbocycles. The molecule has 0 heterocycles. The van der Waals surface area contributed by atoms with Gasteiger partial charge in [0.25, 0.3) is 0 Å². The maximum atomic E-state index is 10.4. The molecule has 0 aliphatic heterocycles. The number of phenolic OH excluding ortho intramolecular Hbond substituents is 1. The van der Waals surface area contributed by atoms with Crippen molar-refractivity contribution in [3.63, 3.8) is 0 Å². The molecule has 10 N–H and O–H groups in total. The summed E-state index contributed by atoms with van der Waals surface area (Å²) in [6, 6.07) is 13.2. The second-order valence-electron chi connectivity index (χ2n) is 6.58. The molecule has 0 unspecified atom stereocenters. The molecule has 176 valence electrons. The Hall–Kier alpha value is -3.12. The highest BCUT2D eigenvalue weighted by Gasteiger charge is 2.12. The Morgan fingerprint density at radius 3 is 1.38 bits per heavy atom. The van der Waals surface area contributed by atoms with Crippen LogP contribution in [0.15, 0.2) is 54.6 Å². The van der Waals surface area contributed by atoms with E-state index in [-0.39, 0.29) is 17.9 Å². The lowest BCUT2D eigenvalue weighted by molar-refractivity contribution is -0.139. The Bertz CT molecular complexity index is 835. The van der Waals surface area contributed by atoms with E-state index in [1.807, 2.05) is 30.3 Å². The Balaban J connectivity index is 0.000000473. The van der Waals surface area contributed by atoms with Crippen LogP contribution in [0.25, 0.3) is 0 Å². The van der Waals surface area contributed by atoms with Crippen LogP contribution in [0.3, 0.4) is 0 Å². The summed E-state index contributed by atoms with van der Waals surface area (Å²) in [5.74, 6) is -2.63. The Morgan fingerprint density at radius 2 is 1.06 bits per heavy atom. The van der Waals surface area contributed by atoms with E-state index >= 15 is 0 Å². The van der Waals surface area contributed by atoms with Crippen LogP contribution >= 0.6 is 12.6 Å². The van der Waals surface area contributed by atoms with Gasteiger partial charge in [-0.15, -0.1) is 0 Å². The van der Waals surface area contributed by atoms with Crippen molar-refractivity contribution >= 4 is 30.5 Å². The molecule has 10 nitrogen and oxygen atoms in total. The number of hydrogen-bond acceptors (Lipinski definition) is 8. The van der Waals surface area contributed by atoms with Gasteiger partial charge in [0.05, 0.1) is 0 Å². The molecule has 0 aliphatic rings. The molecule has 0 amide bonds. The summed E-state index contributed by atoms with van der Waals surface area (Å²) >= 11 is 3.65. The zero-order chi connectivity index (χ0) is 24.7. The minimum atomic E-state index is -1.02. The second-order valence-corrected chi connectivity index (χ2v) is 6.94. The van der Waals surface area contributed by atoms with Crippen molar-refractivity contribution in [3.8, 4) is 5.75 Å². The average molecular weight is 468 g/mol. The first-order chi connectivity index (χ1) is 15.0. The smallest absolute Gasteiger partial charge is 0.321 e. The highest BCUT2D eigenvalue weighted by molar-refractivity contribution is 7.80. The van der Waals surface area contributed by atoms with Gasteiger partial charge >= 0.3 is 17.9 Å². The van der Waals surface area contributed by atoms with E-state index in [1.165, 1.54) is 12.1 Å². The fourth-order valence-electron chi connectivity index (χ4n) is 2.01. The maximum absolute atomic E-state index is 10.4. The van der Waals surface area contributed by atoms with Crippen LogP contribution < -0.4 is 17.2 Å². The lowest BCUT2D eigenvalue weighted by atomic mass is 10.1. The number of thiol groups is 1. The topological polar surface area (TPSA) is 210 Å². The lowest BCUT2D eigenvalue weighted by Gasteiger charge is -2.05. The molecule has 0 aromatic heterocycles. The fraction of sp³-hybridized carbons (Fsp3) is 0.286. The molecule has 0 radical (unpaired) electrons. The third-order valence-corrected chi connectivity index (χ3v) is 4.23. The Morgan fingerprint density at radius 1 is 0.688 bits per heavy atom. The van der Waals surface area contributed by atoms with Crippen molar-refractivity contribution in [2.24, 2.45) is 17.2 Å². The lowest BCUT2D eigenvalue weighted by Crippen LogP contribution is -2.32. The summed E-state index contributed by atoms with van der Waals surface area (Å²) in [6.45, 7) is 0. The first kappa shape index (κ1) is 28.9. The van der Waals surface area contributed by atoms with Gasteiger partial charge in [-0.25, -0.2) is 0 Å². The molecule has 0 saturated heterocycles. The number of hydrogen-bond donors (Lipinski definition) is 8. The summed E-state index contributed by atoms with van der Waals surface area (Å²) in [5.41, 5.74) is 17.4. The maximum Gasteiger partial charge on any atom is 0.321 e. The summed E-state index contributed by atoms with van der Waals surface area (Å²) in [5, 5.41) is 34.0. The minimum Gasteiger partial charge on any atom is -0.508 e. The van der Waals surface area contributed by atoms with Crippen molar-refractivity contribution in [2.45, 2.75) is 31.0 Å². The molecule has 32 heavy (non-hydrogen) atoms. The molecule has 11 heteroatoms.